The Labute approximate surface area is 442 Å². The van der Waals surface area contributed by atoms with E-state index in [4.69, 9.17) is 11.5 Å². The Morgan fingerprint density at radius 3 is 1.23 bits per heavy atom. The van der Waals surface area contributed by atoms with Crippen LogP contribution in [-0.4, -0.2) is 99.0 Å². The van der Waals surface area contributed by atoms with Crippen molar-refractivity contribution >= 4 is 56.6 Å². The third kappa shape index (κ3) is 14.7. The third-order valence-corrected chi connectivity index (χ3v) is 15.1. The zero-order valence-corrected chi connectivity index (χ0v) is 43.5. The Balaban J connectivity index is 1.00. The maximum absolute atomic E-state index is 13.8. The SMILES string of the molecule is Cc1c(S(=O)c2ccc(N)cc2)cc(C(=O)NCC(=O)NCCC[N+](C)(C)CCCNC(=O)CNC(=O)c2cc(S(=O)c3ccc(N)cc3)c(C)n(-c3cccc(C(F)(F)F)c3)c2=O)c(=O)n1-c1cccc(C(F)(F)F)c1. The van der Waals surface area contributed by atoms with Gasteiger partial charge in [-0.2, -0.15) is 26.3 Å². The molecule has 408 valence electrons. The van der Waals surface area contributed by atoms with Crippen molar-refractivity contribution in [2.75, 3.05) is 64.8 Å². The molecule has 0 saturated carbocycles. The van der Waals surface area contributed by atoms with Crippen LogP contribution in [0.15, 0.2) is 138 Å². The van der Waals surface area contributed by atoms with Gasteiger partial charge in [0.1, 0.15) is 11.1 Å². The van der Waals surface area contributed by atoms with Gasteiger partial charge in [-0.1, -0.05) is 12.1 Å². The molecule has 2 heterocycles. The fourth-order valence-electron chi connectivity index (χ4n) is 7.98. The van der Waals surface area contributed by atoms with Crippen molar-refractivity contribution in [2.45, 2.75) is 58.6 Å². The number of hydrogen-bond donors (Lipinski definition) is 6. The van der Waals surface area contributed by atoms with Crippen molar-refractivity contribution in [1.82, 2.24) is 30.4 Å². The normalized spacial score (nSPS) is 12.6. The van der Waals surface area contributed by atoms with Gasteiger partial charge in [-0.25, -0.2) is 8.42 Å². The molecule has 6 rings (SSSR count). The summed E-state index contributed by atoms with van der Waals surface area (Å²) in [5.41, 5.74) is 6.52. The van der Waals surface area contributed by atoms with Gasteiger partial charge >= 0.3 is 12.4 Å². The van der Waals surface area contributed by atoms with Crippen LogP contribution in [0.2, 0.25) is 0 Å². The number of carbonyl (C=O) groups excluding carboxylic acids is 4. The molecule has 2 atom stereocenters. The Morgan fingerprint density at radius 1 is 0.545 bits per heavy atom. The minimum atomic E-state index is -4.76. The van der Waals surface area contributed by atoms with Gasteiger partial charge in [-0.15, -0.1) is 0 Å². The highest BCUT2D eigenvalue weighted by Gasteiger charge is 2.33. The van der Waals surface area contributed by atoms with Gasteiger partial charge in [0.2, 0.25) is 11.8 Å². The van der Waals surface area contributed by atoms with Crippen molar-refractivity contribution in [2.24, 2.45) is 0 Å². The summed E-state index contributed by atoms with van der Waals surface area (Å²) in [6, 6.07) is 21.7. The first kappa shape index (κ1) is 58.4. The van der Waals surface area contributed by atoms with Gasteiger partial charge in [-0.3, -0.25) is 37.9 Å². The number of anilines is 2. The molecular formula is C52H54F6N9O8S2+. The van der Waals surface area contributed by atoms with Crippen LogP contribution in [0, 0.1) is 13.8 Å². The van der Waals surface area contributed by atoms with Gasteiger partial charge in [0.25, 0.3) is 22.9 Å². The first-order valence-electron chi connectivity index (χ1n) is 23.5. The number of quaternary nitrogens is 1. The number of alkyl halides is 6. The molecule has 0 aliphatic carbocycles. The average Bonchev–Trinajstić information content (AvgIpc) is 3.38. The Hall–Kier alpha value is -7.90. The molecule has 4 aromatic carbocycles. The van der Waals surface area contributed by atoms with Gasteiger partial charge in [0.05, 0.1) is 82.8 Å². The van der Waals surface area contributed by atoms with E-state index < -0.39 is 104 Å². The molecule has 0 aliphatic heterocycles. The number of nitrogens with zero attached hydrogens (tertiary/aromatic N) is 3. The van der Waals surface area contributed by atoms with E-state index in [2.05, 4.69) is 21.3 Å². The Kier molecular flexibility index (Phi) is 18.5. The summed E-state index contributed by atoms with van der Waals surface area (Å²) >= 11 is 0. The maximum Gasteiger partial charge on any atom is 0.416 e. The average molecular weight is 1110 g/mol. The molecule has 4 amide bonds. The molecule has 6 aromatic rings. The largest absolute Gasteiger partial charge is 0.416 e. The topological polar surface area (TPSA) is 247 Å². The monoisotopic (exact) mass is 1110 g/mol. The molecule has 0 spiro atoms. The van der Waals surface area contributed by atoms with Gasteiger partial charge in [0.15, 0.2) is 0 Å². The van der Waals surface area contributed by atoms with E-state index in [1.54, 1.807) is 0 Å². The van der Waals surface area contributed by atoms with Crippen LogP contribution in [0.5, 0.6) is 0 Å². The van der Waals surface area contributed by atoms with Crippen molar-refractivity contribution < 1.29 is 58.4 Å². The number of pyridine rings is 2. The van der Waals surface area contributed by atoms with E-state index in [0.717, 1.165) is 57.7 Å². The predicted octanol–water partition coefficient (Wildman–Crippen LogP) is 5.39. The number of halogens is 6. The lowest BCUT2D eigenvalue weighted by Gasteiger charge is -2.30. The van der Waals surface area contributed by atoms with Crippen LogP contribution in [0.4, 0.5) is 37.7 Å². The quantitative estimate of drug-likeness (QED) is 0.0246. The highest BCUT2D eigenvalue weighted by atomic mass is 32.2. The minimum Gasteiger partial charge on any atom is -0.399 e. The Morgan fingerprint density at radius 2 is 0.896 bits per heavy atom. The van der Waals surface area contributed by atoms with E-state index >= 15 is 0 Å². The molecule has 0 fully saturated rings. The Bertz CT molecular complexity index is 3160. The molecular weight excluding hydrogens is 1060 g/mol. The summed E-state index contributed by atoms with van der Waals surface area (Å²) in [6.45, 7) is 3.04. The summed E-state index contributed by atoms with van der Waals surface area (Å²) in [4.78, 5) is 80.7. The van der Waals surface area contributed by atoms with Gasteiger partial charge in [-0.05, 0) is 111 Å². The lowest BCUT2D eigenvalue weighted by molar-refractivity contribution is -0.890. The van der Waals surface area contributed by atoms with E-state index in [0.29, 0.717) is 41.8 Å². The summed E-state index contributed by atoms with van der Waals surface area (Å²) in [5.74, 6) is -3.32. The lowest BCUT2D eigenvalue weighted by atomic mass is 10.1. The van der Waals surface area contributed by atoms with E-state index in [1.807, 2.05) is 14.1 Å². The molecule has 0 saturated heterocycles. The predicted molar refractivity (Wildman–Crippen MR) is 276 cm³/mol. The number of carbonyl (C=O) groups is 4. The van der Waals surface area contributed by atoms with Crippen molar-refractivity contribution in [3.05, 3.63) is 164 Å². The standard InChI is InChI=1S/C52H53F6N9O8S2/c1-31-43(76(74)39-17-13-35(59)14-18-39)27-41(49(72)65(31)37-11-5-9-33(25-37)51(53,54)55)47(70)63-29-45(68)61-21-7-23-67(3,4)24-8-22-62-46(69)30-64-48(71)42-28-44(77(75)40-19-15-36(60)16-20-40)32(2)66(50(42)73)38-12-6-10-34(26-38)52(56,57)58/h5-6,9-20,25-28H,7-8,21-24,29-30,59-60H2,1-4H3,(H3-,61,62,63,64,68,69,70,71)/p+1. The minimum absolute atomic E-state index is 0.00687. The van der Waals surface area contributed by atoms with E-state index in [-0.39, 0.29) is 55.4 Å². The third-order valence-electron chi connectivity index (χ3n) is 12.1. The highest BCUT2D eigenvalue weighted by Crippen LogP contribution is 2.33. The van der Waals surface area contributed by atoms with Crippen molar-refractivity contribution in [3.63, 3.8) is 0 Å². The maximum atomic E-state index is 13.8. The molecule has 2 aromatic heterocycles. The number of amides is 4. The zero-order valence-electron chi connectivity index (χ0n) is 41.9. The molecule has 17 nitrogen and oxygen atoms in total. The lowest BCUT2D eigenvalue weighted by Crippen LogP contribution is -2.45. The zero-order chi connectivity index (χ0) is 56.6. The van der Waals surface area contributed by atoms with Crippen LogP contribution < -0.4 is 43.9 Å². The molecule has 0 aliphatic rings. The van der Waals surface area contributed by atoms with Gasteiger partial charge < -0.3 is 37.2 Å². The number of aromatic nitrogens is 2. The summed E-state index contributed by atoms with van der Waals surface area (Å²) in [6.07, 6.45) is -8.59. The van der Waals surface area contributed by atoms with Crippen molar-refractivity contribution in [1.29, 1.82) is 0 Å². The molecule has 8 N–H and O–H groups in total. The fraction of sp³-hybridized carbons (Fsp3) is 0.269. The second kappa shape index (κ2) is 24.4. The van der Waals surface area contributed by atoms with Crippen LogP contribution in [0.1, 0.15) is 56.1 Å². The second-order valence-corrected chi connectivity index (χ2v) is 21.1. The molecule has 77 heavy (non-hydrogen) atoms. The first-order chi connectivity index (χ1) is 36.2. The highest BCUT2D eigenvalue weighted by molar-refractivity contribution is 7.85. The smallest absolute Gasteiger partial charge is 0.399 e. The number of nitrogens with two attached hydrogens (primary N) is 2. The summed E-state index contributed by atoms with van der Waals surface area (Å²) in [5, 5.41) is 10.1. The van der Waals surface area contributed by atoms with Crippen LogP contribution >= 0.6 is 0 Å². The number of benzene rings is 4. The molecule has 2 unspecified atom stereocenters. The van der Waals surface area contributed by atoms with Crippen molar-refractivity contribution in [3.8, 4) is 11.4 Å². The number of nitrogens with one attached hydrogen (secondary N) is 4. The molecule has 25 heteroatoms. The summed E-state index contributed by atoms with van der Waals surface area (Å²) < 4.78 is 112. The van der Waals surface area contributed by atoms with Crippen LogP contribution in [0.25, 0.3) is 11.4 Å². The van der Waals surface area contributed by atoms with E-state index in [1.165, 1.54) is 74.5 Å². The number of hydrogen-bond acceptors (Lipinski definition) is 10. The number of rotatable bonds is 20. The molecule has 0 bridgehead atoms. The van der Waals surface area contributed by atoms with E-state index in [9.17, 15) is 63.5 Å². The van der Waals surface area contributed by atoms with Crippen LogP contribution in [-0.2, 0) is 43.5 Å². The van der Waals surface area contributed by atoms with Crippen LogP contribution in [0.3, 0.4) is 0 Å². The fourth-order valence-corrected chi connectivity index (χ4v) is 10.4. The molecule has 0 radical (unpaired) electrons. The summed E-state index contributed by atoms with van der Waals surface area (Å²) in [7, 11) is -0.247. The first-order valence-corrected chi connectivity index (χ1v) is 25.8. The number of nitrogen functional groups attached to an aromatic ring is 2. The van der Waals surface area contributed by atoms with Gasteiger partial charge in [0, 0.05) is 69.9 Å². The second-order valence-electron chi connectivity index (χ2n) is 18.2.